The van der Waals surface area contributed by atoms with Crippen molar-refractivity contribution in [1.82, 2.24) is 15.1 Å². The standard InChI is InChI=1S/C19H31N3O2/c1-21(2)13-16-6-4-15(5-7-16)12-20-19(24)22(3)18-10-8-17(14-23)9-11-18/h4-7,17-18,23H,8-14H2,1-3H3,(H,20,24). The van der Waals surface area contributed by atoms with Crippen LogP contribution in [0.4, 0.5) is 4.79 Å². The lowest BCUT2D eigenvalue weighted by Gasteiger charge is -2.34. The van der Waals surface area contributed by atoms with E-state index in [4.69, 9.17) is 0 Å². The van der Waals surface area contributed by atoms with Crippen LogP contribution in [0.5, 0.6) is 0 Å². The minimum atomic E-state index is -0.0141. The van der Waals surface area contributed by atoms with Gasteiger partial charge in [0.15, 0.2) is 0 Å². The van der Waals surface area contributed by atoms with Crippen molar-refractivity contribution < 1.29 is 9.90 Å². The third-order valence-electron chi connectivity index (χ3n) is 4.91. The second-order valence-electron chi connectivity index (χ2n) is 7.18. The van der Waals surface area contributed by atoms with Crippen molar-refractivity contribution in [2.24, 2.45) is 5.92 Å². The molecule has 0 atom stereocenters. The van der Waals surface area contributed by atoms with Crippen LogP contribution in [0.2, 0.25) is 0 Å². The Morgan fingerprint density at radius 3 is 2.21 bits per heavy atom. The van der Waals surface area contributed by atoms with Gasteiger partial charge in [0.25, 0.3) is 0 Å². The van der Waals surface area contributed by atoms with Crippen LogP contribution in [0.25, 0.3) is 0 Å². The number of urea groups is 1. The molecule has 1 aliphatic rings. The van der Waals surface area contributed by atoms with Crippen LogP contribution in [0.15, 0.2) is 24.3 Å². The summed E-state index contributed by atoms with van der Waals surface area (Å²) in [6.45, 7) is 1.75. The lowest BCUT2D eigenvalue weighted by Crippen LogP contribution is -2.45. The highest BCUT2D eigenvalue weighted by atomic mass is 16.3. The second kappa shape index (κ2) is 9.04. The first-order valence-corrected chi connectivity index (χ1v) is 8.83. The summed E-state index contributed by atoms with van der Waals surface area (Å²) in [5, 5.41) is 12.2. The van der Waals surface area contributed by atoms with Gasteiger partial charge in [-0.3, -0.25) is 0 Å². The van der Waals surface area contributed by atoms with E-state index in [0.29, 0.717) is 12.5 Å². The number of amides is 2. The lowest BCUT2D eigenvalue weighted by molar-refractivity contribution is 0.134. The van der Waals surface area contributed by atoms with Crippen molar-refractivity contribution in [3.05, 3.63) is 35.4 Å². The molecule has 0 heterocycles. The average Bonchev–Trinajstić information content (AvgIpc) is 2.60. The fourth-order valence-electron chi connectivity index (χ4n) is 3.31. The molecule has 0 unspecified atom stereocenters. The van der Waals surface area contributed by atoms with Crippen LogP contribution in [0.3, 0.4) is 0 Å². The zero-order valence-corrected chi connectivity index (χ0v) is 15.2. The van der Waals surface area contributed by atoms with Crippen LogP contribution in [-0.4, -0.2) is 54.7 Å². The molecule has 5 nitrogen and oxygen atoms in total. The molecule has 2 rings (SSSR count). The fourth-order valence-corrected chi connectivity index (χ4v) is 3.31. The van der Waals surface area contributed by atoms with Gasteiger partial charge in [0, 0.05) is 32.8 Å². The normalized spacial score (nSPS) is 20.9. The van der Waals surface area contributed by atoms with E-state index < -0.39 is 0 Å². The van der Waals surface area contributed by atoms with Gasteiger partial charge in [-0.05, 0) is 56.8 Å². The topological polar surface area (TPSA) is 55.8 Å². The van der Waals surface area contributed by atoms with Gasteiger partial charge in [0.2, 0.25) is 0 Å². The molecule has 134 valence electrons. The molecule has 5 heteroatoms. The maximum atomic E-state index is 12.3. The molecule has 0 radical (unpaired) electrons. The summed E-state index contributed by atoms with van der Waals surface area (Å²) in [6.07, 6.45) is 3.97. The zero-order chi connectivity index (χ0) is 17.5. The predicted molar refractivity (Wildman–Crippen MR) is 96.7 cm³/mol. The number of hydrogen-bond acceptors (Lipinski definition) is 3. The monoisotopic (exact) mass is 333 g/mol. The van der Waals surface area contributed by atoms with E-state index in [0.717, 1.165) is 37.8 Å². The van der Waals surface area contributed by atoms with Gasteiger partial charge in [-0.25, -0.2) is 4.79 Å². The quantitative estimate of drug-likeness (QED) is 0.841. The van der Waals surface area contributed by atoms with Crippen LogP contribution in [0.1, 0.15) is 36.8 Å². The van der Waals surface area contributed by atoms with E-state index in [1.165, 1.54) is 5.56 Å². The lowest BCUT2D eigenvalue weighted by atomic mass is 9.86. The Labute approximate surface area is 145 Å². The van der Waals surface area contributed by atoms with Gasteiger partial charge in [0.1, 0.15) is 0 Å². The number of nitrogens with one attached hydrogen (secondary N) is 1. The number of aliphatic hydroxyl groups excluding tert-OH is 1. The molecular formula is C19H31N3O2. The van der Waals surface area contributed by atoms with Crippen molar-refractivity contribution in [1.29, 1.82) is 0 Å². The summed E-state index contributed by atoms with van der Waals surface area (Å²) in [6, 6.07) is 8.65. The predicted octanol–water partition coefficient (Wildman–Crippen LogP) is 2.44. The fraction of sp³-hybridized carbons (Fsp3) is 0.632. The number of nitrogens with zero attached hydrogens (tertiary/aromatic N) is 2. The summed E-state index contributed by atoms with van der Waals surface area (Å²) in [7, 11) is 5.98. The van der Waals surface area contributed by atoms with Gasteiger partial charge in [-0.15, -0.1) is 0 Å². The zero-order valence-electron chi connectivity index (χ0n) is 15.2. The number of carbonyl (C=O) groups is 1. The molecular weight excluding hydrogens is 302 g/mol. The van der Waals surface area contributed by atoms with E-state index in [1.54, 1.807) is 0 Å². The van der Waals surface area contributed by atoms with Crippen molar-refractivity contribution in [2.75, 3.05) is 27.7 Å². The largest absolute Gasteiger partial charge is 0.396 e. The van der Waals surface area contributed by atoms with Gasteiger partial charge < -0.3 is 20.2 Å². The molecule has 2 N–H and O–H groups in total. The highest BCUT2D eigenvalue weighted by Crippen LogP contribution is 2.26. The second-order valence-corrected chi connectivity index (χ2v) is 7.18. The van der Waals surface area contributed by atoms with Gasteiger partial charge >= 0.3 is 6.03 Å². The number of aliphatic hydroxyl groups is 1. The van der Waals surface area contributed by atoms with Gasteiger partial charge in [-0.2, -0.15) is 0 Å². The summed E-state index contributed by atoms with van der Waals surface area (Å²) < 4.78 is 0. The molecule has 2 amide bonds. The molecule has 1 saturated carbocycles. The molecule has 0 aliphatic heterocycles. The van der Waals surface area contributed by atoms with Crippen molar-refractivity contribution >= 4 is 6.03 Å². The molecule has 0 aromatic heterocycles. The first-order chi connectivity index (χ1) is 11.5. The average molecular weight is 333 g/mol. The Kier molecular flexibility index (Phi) is 7.06. The third kappa shape index (κ3) is 5.49. The van der Waals surface area contributed by atoms with E-state index in [-0.39, 0.29) is 18.7 Å². The van der Waals surface area contributed by atoms with Crippen LogP contribution in [0, 0.1) is 5.92 Å². The Morgan fingerprint density at radius 2 is 1.67 bits per heavy atom. The maximum Gasteiger partial charge on any atom is 0.317 e. The van der Waals surface area contributed by atoms with Crippen LogP contribution in [-0.2, 0) is 13.1 Å². The Hall–Kier alpha value is -1.59. The molecule has 1 aromatic carbocycles. The molecule has 1 fully saturated rings. The number of benzene rings is 1. The SMILES string of the molecule is CN(C)Cc1ccc(CNC(=O)N(C)C2CCC(CO)CC2)cc1. The first kappa shape index (κ1) is 18.7. The van der Waals surface area contributed by atoms with E-state index in [9.17, 15) is 9.90 Å². The first-order valence-electron chi connectivity index (χ1n) is 8.83. The van der Waals surface area contributed by atoms with Crippen LogP contribution >= 0.6 is 0 Å². The van der Waals surface area contributed by atoms with Crippen molar-refractivity contribution in [3.8, 4) is 0 Å². The summed E-state index contributed by atoms with van der Waals surface area (Å²) >= 11 is 0. The third-order valence-corrected chi connectivity index (χ3v) is 4.91. The smallest absolute Gasteiger partial charge is 0.317 e. The minimum absolute atomic E-state index is 0.0141. The molecule has 1 aromatic rings. The van der Waals surface area contributed by atoms with Crippen LogP contribution < -0.4 is 5.32 Å². The number of hydrogen-bond donors (Lipinski definition) is 2. The summed E-state index contributed by atoms with van der Waals surface area (Å²) in [5.74, 6) is 0.415. The highest BCUT2D eigenvalue weighted by Gasteiger charge is 2.25. The Morgan fingerprint density at radius 1 is 1.08 bits per heavy atom. The molecule has 1 aliphatic carbocycles. The molecule has 0 bridgehead atoms. The van der Waals surface area contributed by atoms with Crippen molar-refractivity contribution in [2.45, 2.75) is 44.8 Å². The van der Waals surface area contributed by atoms with Gasteiger partial charge in [-0.1, -0.05) is 24.3 Å². The van der Waals surface area contributed by atoms with E-state index in [2.05, 4.69) is 48.6 Å². The Bertz CT molecular complexity index is 508. The Balaban J connectivity index is 1.78. The summed E-state index contributed by atoms with van der Waals surface area (Å²) in [4.78, 5) is 16.3. The molecule has 24 heavy (non-hydrogen) atoms. The summed E-state index contributed by atoms with van der Waals surface area (Å²) in [5.41, 5.74) is 2.39. The maximum absolute atomic E-state index is 12.3. The number of carbonyl (C=O) groups excluding carboxylic acids is 1. The van der Waals surface area contributed by atoms with E-state index >= 15 is 0 Å². The molecule has 0 spiro atoms. The molecule has 0 saturated heterocycles. The van der Waals surface area contributed by atoms with Gasteiger partial charge in [0.05, 0.1) is 0 Å². The highest BCUT2D eigenvalue weighted by molar-refractivity contribution is 5.74. The van der Waals surface area contributed by atoms with Crippen molar-refractivity contribution in [3.63, 3.8) is 0 Å². The number of rotatable bonds is 6. The van der Waals surface area contributed by atoms with E-state index in [1.807, 2.05) is 11.9 Å². The minimum Gasteiger partial charge on any atom is -0.396 e.